The summed E-state index contributed by atoms with van der Waals surface area (Å²) in [5.41, 5.74) is -0.389. The topological polar surface area (TPSA) is 41.6 Å². The van der Waals surface area contributed by atoms with Gasteiger partial charge in [-0.3, -0.25) is 0 Å². The molecule has 1 fully saturated rings. The predicted molar refractivity (Wildman–Crippen MR) is 64.5 cm³/mol. The molecule has 1 saturated heterocycles. The quantitative estimate of drug-likeness (QED) is 0.746. The maximum Gasteiger partial charge on any atom is 0.410 e. The number of amides is 1. The fourth-order valence-electron chi connectivity index (χ4n) is 1.93. The Labute approximate surface area is 98.3 Å². The molecule has 94 valence electrons. The van der Waals surface area contributed by atoms with E-state index in [9.17, 15) is 4.79 Å². The number of ether oxygens (including phenoxy) is 1. The van der Waals surface area contributed by atoms with Crippen LogP contribution in [0, 0.1) is 0 Å². The highest BCUT2D eigenvalue weighted by atomic mass is 16.6. The number of hydrogen-bond donors (Lipinski definition) is 1. The lowest BCUT2D eigenvalue weighted by molar-refractivity contribution is 0.0130. The standard InChI is InChI=1S/C12H24N2O2/c1-11(2,3)16-10(15)14-8-6-7-12(4,9-14)13-5/h13H,6-9H2,1-5H3/t12-/m1/s1. The van der Waals surface area contributed by atoms with Crippen LogP contribution >= 0.6 is 0 Å². The van der Waals surface area contributed by atoms with Crippen LogP contribution in [0.1, 0.15) is 40.5 Å². The normalized spacial score (nSPS) is 26.7. The summed E-state index contributed by atoms with van der Waals surface area (Å²) in [6.45, 7) is 9.35. The molecular weight excluding hydrogens is 204 g/mol. The zero-order valence-corrected chi connectivity index (χ0v) is 11.1. The van der Waals surface area contributed by atoms with E-state index in [4.69, 9.17) is 4.74 Å². The Morgan fingerprint density at radius 3 is 2.56 bits per heavy atom. The Morgan fingerprint density at radius 1 is 1.44 bits per heavy atom. The van der Waals surface area contributed by atoms with E-state index in [1.54, 1.807) is 4.90 Å². The van der Waals surface area contributed by atoms with Crippen molar-refractivity contribution in [2.45, 2.75) is 51.7 Å². The largest absolute Gasteiger partial charge is 0.444 e. The van der Waals surface area contributed by atoms with Crippen molar-refractivity contribution in [1.29, 1.82) is 0 Å². The van der Waals surface area contributed by atoms with Gasteiger partial charge in [0.1, 0.15) is 5.60 Å². The summed E-state index contributed by atoms with van der Waals surface area (Å²) >= 11 is 0. The molecule has 16 heavy (non-hydrogen) atoms. The van der Waals surface area contributed by atoms with Gasteiger partial charge in [0.2, 0.25) is 0 Å². The molecule has 1 aliphatic rings. The Hall–Kier alpha value is -0.770. The summed E-state index contributed by atoms with van der Waals surface area (Å²) in [5, 5.41) is 3.28. The SMILES string of the molecule is CN[C@]1(C)CCCN(C(=O)OC(C)(C)C)C1. The molecule has 4 nitrogen and oxygen atoms in total. The van der Waals surface area contributed by atoms with Crippen LogP contribution in [0.4, 0.5) is 4.79 Å². The molecule has 1 aliphatic heterocycles. The fraction of sp³-hybridized carbons (Fsp3) is 0.917. The molecular formula is C12H24N2O2. The second-order valence-corrected chi connectivity index (χ2v) is 5.82. The van der Waals surface area contributed by atoms with Crippen molar-refractivity contribution in [3.05, 3.63) is 0 Å². The third-order valence-electron chi connectivity index (χ3n) is 2.95. The Bertz CT molecular complexity index is 260. The Kier molecular flexibility index (Phi) is 3.84. The zero-order valence-electron chi connectivity index (χ0n) is 11.1. The molecule has 0 aromatic rings. The number of nitrogens with zero attached hydrogens (tertiary/aromatic N) is 1. The van der Waals surface area contributed by atoms with Gasteiger partial charge in [-0.1, -0.05) is 0 Å². The van der Waals surface area contributed by atoms with Crippen LogP contribution in [0.3, 0.4) is 0 Å². The van der Waals surface area contributed by atoms with Crippen molar-refractivity contribution in [2.24, 2.45) is 0 Å². The minimum atomic E-state index is -0.412. The van der Waals surface area contributed by atoms with Gasteiger partial charge >= 0.3 is 6.09 Å². The lowest BCUT2D eigenvalue weighted by Crippen LogP contribution is -2.55. The highest BCUT2D eigenvalue weighted by Gasteiger charge is 2.33. The van der Waals surface area contributed by atoms with Gasteiger partial charge in [-0.2, -0.15) is 0 Å². The van der Waals surface area contributed by atoms with Gasteiger partial charge in [0, 0.05) is 18.6 Å². The predicted octanol–water partition coefficient (Wildman–Crippen LogP) is 2.00. The van der Waals surface area contributed by atoms with Crippen molar-refractivity contribution >= 4 is 6.09 Å². The van der Waals surface area contributed by atoms with E-state index in [0.29, 0.717) is 0 Å². The first-order valence-corrected chi connectivity index (χ1v) is 5.93. The first kappa shape index (κ1) is 13.3. The molecule has 0 aromatic carbocycles. The number of rotatable bonds is 1. The number of carbonyl (C=O) groups excluding carboxylic acids is 1. The van der Waals surface area contributed by atoms with Crippen LogP contribution in [0.25, 0.3) is 0 Å². The number of nitrogens with one attached hydrogen (secondary N) is 1. The molecule has 0 unspecified atom stereocenters. The van der Waals surface area contributed by atoms with Crippen molar-refractivity contribution in [1.82, 2.24) is 10.2 Å². The average Bonchev–Trinajstić information content (AvgIpc) is 2.15. The molecule has 0 saturated carbocycles. The van der Waals surface area contributed by atoms with Crippen LogP contribution in [0.15, 0.2) is 0 Å². The molecule has 0 radical (unpaired) electrons. The third kappa shape index (κ3) is 3.67. The highest BCUT2D eigenvalue weighted by Crippen LogP contribution is 2.22. The van der Waals surface area contributed by atoms with E-state index < -0.39 is 5.60 Å². The van der Waals surface area contributed by atoms with E-state index in [0.717, 1.165) is 25.9 Å². The number of likely N-dealkylation sites (N-methyl/N-ethyl adjacent to an activating group) is 1. The molecule has 1 rings (SSSR count). The summed E-state index contributed by atoms with van der Waals surface area (Å²) in [7, 11) is 1.94. The van der Waals surface area contributed by atoms with Crippen LogP contribution in [0.2, 0.25) is 0 Å². The summed E-state index contributed by atoms with van der Waals surface area (Å²) in [4.78, 5) is 13.7. The highest BCUT2D eigenvalue weighted by molar-refractivity contribution is 5.68. The lowest BCUT2D eigenvalue weighted by atomic mass is 9.92. The molecule has 0 aromatic heterocycles. The number of carbonyl (C=O) groups is 1. The van der Waals surface area contributed by atoms with Gasteiger partial charge in [-0.25, -0.2) is 4.79 Å². The van der Waals surface area contributed by atoms with Crippen LogP contribution in [0.5, 0.6) is 0 Å². The van der Waals surface area contributed by atoms with Gasteiger partial charge in [0.25, 0.3) is 0 Å². The third-order valence-corrected chi connectivity index (χ3v) is 2.95. The zero-order chi connectivity index (χ0) is 12.4. The summed E-state index contributed by atoms with van der Waals surface area (Å²) in [6, 6.07) is 0. The maximum absolute atomic E-state index is 11.9. The van der Waals surface area contributed by atoms with Crippen molar-refractivity contribution in [2.75, 3.05) is 20.1 Å². The monoisotopic (exact) mass is 228 g/mol. The summed E-state index contributed by atoms with van der Waals surface area (Å²) in [6.07, 6.45) is 1.92. The van der Waals surface area contributed by atoms with E-state index in [1.807, 2.05) is 27.8 Å². The van der Waals surface area contributed by atoms with Gasteiger partial charge in [0.15, 0.2) is 0 Å². The fourth-order valence-corrected chi connectivity index (χ4v) is 1.93. The minimum absolute atomic E-state index is 0.0230. The van der Waals surface area contributed by atoms with Gasteiger partial charge in [-0.15, -0.1) is 0 Å². The molecule has 0 bridgehead atoms. The van der Waals surface area contributed by atoms with Crippen molar-refractivity contribution < 1.29 is 9.53 Å². The maximum atomic E-state index is 11.9. The van der Waals surface area contributed by atoms with E-state index >= 15 is 0 Å². The molecule has 0 aliphatic carbocycles. The minimum Gasteiger partial charge on any atom is -0.444 e. The molecule has 1 heterocycles. The van der Waals surface area contributed by atoms with Gasteiger partial charge in [0.05, 0.1) is 0 Å². The van der Waals surface area contributed by atoms with Crippen LogP contribution in [-0.2, 0) is 4.74 Å². The Morgan fingerprint density at radius 2 is 2.06 bits per heavy atom. The molecule has 1 atom stereocenters. The van der Waals surface area contributed by atoms with E-state index in [2.05, 4.69) is 12.2 Å². The molecule has 1 N–H and O–H groups in total. The molecule has 0 spiro atoms. The van der Waals surface area contributed by atoms with E-state index in [1.165, 1.54) is 0 Å². The smallest absolute Gasteiger partial charge is 0.410 e. The van der Waals surface area contributed by atoms with E-state index in [-0.39, 0.29) is 11.6 Å². The van der Waals surface area contributed by atoms with Crippen LogP contribution in [-0.4, -0.2) is 42.3 Å². The Balaban J connectivity index is 2.57. The van der Waals surface area contributed by atoms with Gasteiger partial charge < -0.3 is 15.0 Å². The number of likely N-dealkylation sites (tertiary alicyclic amines) is 1. The second kappa shape index (κ2) is 4.62. The molecule has 1 amide bonds. The second-order valence-electron chi connectivity index (χ2n) is 5.82. The first-order chi connectivity index (χ1) is 7.26. The van der Waals surface area contributed by atoms with Gasteiger partial charge in [-0.05, 0) is 47.6 Å². The van der Waals surface area contributed by atoms with Crippen LogP contribution < -0.4 is 5.32 Å². The number of hydrogen-bond acceptors (Lipinski definition) is 3. The first-order valence-electron chi connectivity index (χ1n) is 5.93. The number of piperidine rings is 1. The van der Waals surface area contributed by atoms with Crippen molar-refractivity contribution in [3.8, 4) is 0 Å². The summed E-state index contributed by atoms with van der Waals surface area (Å²) in [5.74, 6) is 0. The molecule has 4 heteroatoms. The lowest BCUT2D eigenvalue weighted by Gasteiger charge is -2.40. The van der Waals surface area contributed by atoms with Crippen molar-refractivity contribution in [3.63, 3.8) is 0 Å². The average molecular weight is 228 g/mol. The summed E-state index contributed by atoms with van der Waals surface area (Å²) < 4.78 is 5.37.